The number of aromatic nitrogens is 4. The molecule has 6 fully saturated rings. The molecule has 6 aliphatic rings. The molecular formula is C50H68FN13O7. The predicted molar refractivity (Wildman–Crippen MR) is 262 cm³/mol. The second kappa shape index (κ2) is 22.4. The van der Waals surface area contributed by atoms with Gasteiger partial charge in [-0.1, -0.05) is 0 Å². The molecule has 1 aromatic carbocycles. The summed E-state index contributed by atoms with van der Waals surface area (Å²) in [5.41, 5.74) is 1.80. The number of carbonyl (C=O) groups excluding carboxylic acids is 6. The van der Waals surface area contributed by atoms with Gasteiger partial charge in [0.2, 0.25) is 35.5 Å². The lowest BCUT2D eigenvalue weighted by molar-refractivity contribution is -0.143. The first-order chi connectivity index (χ1) is 34.4. The number of benzene rings is 1. The van der Waals surface area contributed by atoms with Crippen LogP contribution in [0.2, 0.25) is 0 Å². The van der Waals surface area contributed by atoms with Crippen LogP contribution in [0, 0.1) is 23.6 Å². The van der Waals surface area contributed by atoms with Gasteiger partial charge in [-0.05, 0) is 102 Å². The average molecular weight is 982 g/mol. The molecule has 2 aromatic heterocycles. The van der Waals surface area contributed by atoms with Gasteiger partial charge in [-0.2, -0.15) is 10.1 Å². The van der Waals surface area contributed by atoms with Crippen LogP contribution in [0.4, 0.5) is 33.2 Å². The van der Waals surface area contributed by atoms with E-state index in [1.807, 2.05) is 27.9 Å². The van der Waals surface area contributed by atoms with Crippen LogP contribution < -0.4 is 26.2 Å². The Morgan fingerprint density at radius 3 is 2.14 bits per heavy atom. The van der Waals surface area contributed by atoms with Crippen LogP contribution in [0.25, 0.3) is 0 Å². The number of imide groups is 1. The van der Waals surface area contributed by atoms with Crippen LogP contribution in [-0.4, -0.2) is 165 Å². The van der Waals surface area contributed by atoms with E-state index in [4.69, 9.17) is 4.74 Å². The number of ether oxygens (including phenoxy) is 1. The van der Waals surface area contributed by atoms with E-state index in [-0.39, 0.29) is 67.0 Å². The van der Waals surface area contributed by atoms with Crippen molar-refractivity contribution in [3.05, 3.63) is 48.2 Å². The quantitative estimate of drug-likeness (QED) is 0.134. The number of piperazine rings is 2. The minimum atomic E-state index is -0.618. The summed E-state index contributed by atoms with van der Waals surface area (Å²) in [6.45, 7) is 8.10. The van der Waals surface area contributed by atoms with E-state index >= 15 is 4.39 Å². The van der Waals surface area contributed by atoms with Crippen molar-refractivity contribution in [1.82, 2.24) is 44.7 Å². The van der Waals surface area contributed by atoms with E-state index in [0.29, 0.717) is 87.0 Å². The normalized spacial score (nSPS) is 24.9. The Hall–Kier alpha value is -6.38. The third-order valence-electron chi connectivity index (χ3n) is 15.4. The van der Waals surface area contributed by atoms with Gasteiger partial charge in [0.25, 0.3) is 0 Å². The summed E-state index contributed by atoms with van der Waals surface area (Å²) in [6.07, 6.45) is 13.9. The number of aryl methyl sites for hydroxylation is 1. The van der Waals surface area contributed by atoms with Crippen molar-refractivity contribution in [2.75, 3.05) is 92.9 Å². The van der Waals surface area contributed by atoms with E-state index in [9.17, 15) is 28.8 Å². The van der Waals surface area contributed by atoms with Crippen molar-refractivity contribution in [3.8, 4) is 0 Å². The summed E-state index contributed by atoms with van der Waals surface area (Å²) in [6, 6.07) is 4.57. The summed E-state index contributed by atoms with van der Waals surface area (Å²) in [4.78, 5) is 96.4. The van der Waals surface area contributed by atoms with Crippen molar-refractivity contribution < 1.29 is 37.9 Å². The minimum absolute atomic E-state index is 0.0462. The molecule has 0 spiro atoms. The van der Waals surface area contributed by atoms with Gasteiger partial charge in [-0.25, -0.2) is 14.2 Å². The zero-order chi connectivity index (χ0) is 49.6. The van der Waals surface area contributed by atoms with Crippen LogP contribution in [0.5, 0.6) is 0 Å². The van der Waals surface area contributed by atoms with Crippen LogP contribution in [0.1, 0.15) is 94.3 Å². The highest BCUT2D eigenvalue weighted by molar-refractivity contribution is 6.01. The van der Waals surface area contributed by atoms with Gasteiger partial charge in [0.15, 0.2) is 0 Å². The first-order valence-corrected chi connectivity index (χ1v) is 25.7. The molecule has 2 saturated carbocycles. The van der Waals surface area contributed by atoms with Gasteiger partial charge in [0.05, 0.1) is 30.7 Å². The molecule has 4 aliphatic heterocycles. The number of anilines is 5. The first kappa shape index (κ1) is 49.6. The van der Waals surface area contributed by atoms with Gasteiger partial charge in [-0.3, -0.25) is 38.9 Å². The molecule has 21 heteroatoms. The molecule has 0 bridgehead atoms. The van der Waals surface area contributed by atoms with E-state index in [2.05, 4.69) is 41.2 Å². The number of hydrogen-bond acceptors (Lipinski definition) is 15. The Morgan fingerprint density at radius 1 is 0.803 bits per heavy atom. The standard InChI is InChI=1S/C50H68FN13O7/c1-3-71-49(70)39-28-52-50(56-37-27-53-59(2)30-37)58-45(39)55-35-8-11-38(12-9-35)60-20-22-62(23-21-60)48(69)34-6-4-33(5-7-34)47(68)61-18-16-32(17-19-61)29-64-25-24-63(31-44(64)66)42-14-10-36(26-40(42)51)54-41-13-15-43(65)57-46(41)67/h10,14,26-28,30,32-35,38,41,54H,3-9,11-13,15-25,29,31H2,1-2H3,(H,57,65,67)(H2,52,55,56,58). The lowest BCUT2D eigenvalue weighted by Crippen LogP contribution is -2.54. The molecule has 20 nitrogen and oxygen atoms in total. The fourth-order valence-electron chi connectivity index (χ4n) is 11.4. The zero-order valence-corrected chi connectivity index (χ0v) is 41.0. The Bertz CT molecular complexity index is 2420. The number of hydrogen-bond donors (Lipinski definition) is 4. The van der Waals surface area contributed by atoms with Crippen LogP contribution in [0.15, 0.2) is 36.8 Å². The van der Waals surface area contributed by atoms with Crippen molar-refractivity contribution in [2.24, 2.45) is 24.8 Å². The average Bonchev–Trinajstić information content (AvgIpc) is 3.79. The van der Waals surface area contributed by atoms with Crippen LogP contribution in [0.3, 0.4) is 0 Å². The Labute approximate surface area is 413 Å². The Kier molecular flexibility index (Phi) is 15.6. The number of esters is 1. The van der Waals surface area contributed by atoms with Gasteiger partial charge in [0.1, 0.15) is 23.2 Å². The highest BCUT2D eigenvalue weighted by Crippen LogP contribution is 2.34. The van der Waals surface area contributed by atoms with E-state index in [0.717, 1.165) is 83.0 Å². The van der Waals surface area contributed by atoms with Crippen molar-refractivity contribution in [3.63, 3.8) is 0 Å². The topological polar surface area (TPSA) is 220 Å². The molecule has 3 aromatic rings. The van der Waals surface area contributed by atoms with Crippen molar-refractivity contribution in [1.29, 1.82) is 0 Å². The first-order valence-electron chi connectivity index (χ1n) is 25.7. The number of amides is 5. The molecule has 6 heterocycles. The summed E-state index contributed by atoms with van der Waals surface area (Å²) in [7, 11) is 1.83. The molecule has 1 atom stereocenters. The van der Waals surface area contributed by atoms with Crippen LogP contribution >= 0.6 is 0 Å². The highest BCUT2D eigenvalue weighted by Gasteiger charge is 2.38. The van der Waals surface area contributed by atoms with Crippen molar-refractivity contribution in [2.45, 2.75) is 102 Å². The fourth-order valence-corrected chi connectivity index (χ4v) is 11.4. The van der Waals surface area contributed by atoms with Gasteiger partial charge in [0, 0.05) is 114 Å². The summed E-state index contributed by atoms with van der Waals surface area (Å²) >= 11 is 0. The molecule has 382 valence electrons. The molecule has 9 rings (SSSR count). The summed E-state index contributed by atoms with van der Waals surface area (Å²) in [5.74, 6) is -0.363. The lowest BCUT2D eigenvalue weighted by Gasteiger charge is -2.43. The van der Waals surface area contributed by atoms with Gasteiger partial charge >= 0.3 is 5.97 Å². The summed E-state index contributed by atoms with van der Waals surface area (Å²) < 4.78 is 22.3. The predicted octanol–water partition coefficient (Wildman–Crippen LogP) is 3.75. The largest absolute Gasteiger partial charge is 0.462 e. The van der Waals surface area contributed by atoms with E-state index < -0.39 is 23.7 Å². The SMILES string of the molecule is CCOC(=O)c1cnc(Nc2cnn(C)c2)nc1NC1CCC(N2CCN(C(=O)C3CCC(C(=O)N4CCC(CN5CCN(c6ccc(NC7CCC(=O)NC7=O)cc6F)CC5=O)CC4)CC3)CC2)CC1. The second-order valence-corrected chi connectivity index (χ2v) is 20.1. The number of halogens is 1. The van der Waals surface area contributed by atoms with Crippen molar-refractivity contribution >= 4 is 64.3 Å². The van der Waals surface area contributed by atoms with Gasteiger partial charge < -0.3 is 40.3 Å². The minimum Gasteiger partial charge on any atom is -0.462 e. The Balaban J connectivity index is 0.659. The maximum atomic E-state index is 15.3. The van der Waals surface area contributed by atoms with E-state index in [1.165, 1.54) is 12.3 Å². The molecule has 4 saturated heterocycles. The third kappa shape index (κ3) is 12.0. The molecule has 5 amide bonds. The number of likely N-dealkylation sites (tertiary alicyclic amines) is 1. The molecule has 2 aliphatic carbocycles. The zero-order valence-electron chi connectivity index (χ0n) is 41.0. The summed E-state index contributed by atoms with van der Waals surface area (Å²) in [5, 5.41) is 16.2. The number of rotatable bonds is 14. The number of piperidine rings is 2. The van der Waals surface area contributed by atoms with E-state index in [1.54, 1.807) is 34.8 Å². The number of nitrogens with one attached hydrogen (secondary N) is 4. The molecule has 1 unspecified atom stereocenters. The molecule has 4 N–H and O–H groups in total. The number of nitrogens with zero attached hydrogens (tertiary/aromatic N) is 9. The lowest BCUT2D eigenvalue weighted by atomic mass is 9.80. The van der Waals surface area contributed by atoms with Crippen LogP contribution in [-0.2, 0) is 35.8 Å². The maximum Gasteiger partial charge on any atom is 0.343 e. The molecule has 71 heavy (non-hydrogen) atoms. The second-order valence-electron chi connectivity index (χ2n) is 20.1. The highest BCUT2D eigenvalue weighted by atomic mass is 19.1. The Morgan fingerprint density at radius 2 is 1.51 bits per heavy atom. The molecular weight excluding hydrogens is 914 g/mol. The smallest absolute Gasteiger partial charge is 0.343 e. The fraction of sp³-hybridized carbons (Fsp3) is 0.620. The van der Waals surface area contributed by atoms with Gasteiger partial charge in [-0.15, -0.1) is 0 Å². The third-order valence-corrected chi connectivity index (χ3v) is 15.4. The number of carbonyl (C=O) groups is 6. The monoisotopic (exact) mass is 982 g/mol. The maximum absolute atomic E-state index is 15.3. The molecule has 0 radical (unpaired) electrons.